The molecular formula is C23H30N4O4. The number of ether oxygens (including phenoxy) is 1. The lowest BCUT2D eigenvalue weighted by Gasteiger charge is -2.30. The van der Waals surface area contributed by atoms with E-state index in [1.165, 1.54) is 11.8 Å². The maximum absolute atomic E-state index is 12.9. The second-order valence-electron chi connectivity index (χ2n) is 8.35. The smallest absolute Gasteiger partial charge is 0.306 e. The second kappa shape index (κ2) is 9.32. The van der Waals surface area contributed by atoms with E-state index in [2.05, 4.69) is 24.3 Å². The van der Waals surface area contributed by atoms with Crippen molar-refractivity contribution < 1.29 is 19.1 Å². The summed E-state index contributed by atoms with van der Waals surface area (Å²) in [6.07, 6.45) is -0.328. The van der Waals surface area contributed by atoms with Crippen molar-refractivity contribution in [1.29, 1.82) is 0 Å². The van der Waals surface area contributed by atoms with E-state index in [-0.39, 0.29) is 18.9 Å². The molecule has 0 fully saturated rings. The Labute approximate surface area is 182 Å². The summed E-state index contributed by atoms with van der Waals surface area (Å²) >= 11 is 0. The quantitative estimate of drug-likeness (QED) is 0.687. The Bertz CT molecular complexity index is 995. The Kier molecular flexibility index (Phi) is 6.77. The molecule has 0 unspecified atom stereocenters. The van der Waals surface area contributed by atoms with Gasteiger partial charge in [0.15, 0.2) is 6.10 Å². The summed E-state index contributed by atoms with van der Waals surface area (Å²) in [5.74, 6) is -0.682. The molecule has 1 aromatic carbocycles. The number of anilines is 2. The van der Waals surface area contributed by atoms with Crippen LogP contribution in [-0.2, 0) is 32.1 Å². The Morgan fingerprint density at radius 1 is 1.19 bits per heavy atom. The number of nitrogens with one attached hydrogen (secondary N) is 1. The van der Waals surface area contributed by atoms with Gasteiger partial charge in [0, 0.05) is 18.7 Å². The van der Waals surface area contributed by atoms with Crippen molar-refractivity contribution in [1.82, 2.24) is 9.78 Å². The number of esters is 1. The molecule has 1 aliphatic heterocycles. The van der Waals surface area contributed by atoms with E-state index in [1.54, 1.807) is 24.3 Å². The topological polar surface area (TPSA) is 93.5 Å². The van der Waals surface area contributed by atoms with Crippen LogP contribution in [-0.4, -0.2) is 40.2 Å². The number of aromatic nitrogens is 2. The van der Waals surface area contributed by atoms with Crippen LogP contribution in [0.15, 0.2) is 24.3 Å². The van der Waals surface area contributed by atoms with Crippen molar-refractivity contribution in [3.63, 3.8) is 0 Å². The summed E-state index contributed by atoms with van der Waals surface area (Å²) in [4.78, 5) is 38.6. The summed E-state index contributed by atoms with van der Waals surface area (Å²) in [5.41, 5.74) is 4.16. The van der Waals surface area contributed by atoms with Gasteiger partial charge in [-0.2, -0.15) is 5.10 Å². The van der Waals surface area contributed by atoms with E-state index in [4.69, 9.17) is 4.74 Å². The summed E-state index contributed by atoms with van der Waals surface area (Å²) in [7, 11) is 0. The number of para-hydroxylation sites is 2. The van der Waals surface area contributed by atoms with Crippen LogP contribution in [0.4, 0.5) is 11.4 Å². The lowest BCUT2D eigenvalue weighted by Crippen LogP contribution is -2.47. The average molecular weight is 427 g/mol. The molecule has 0 aliphatic carbocycles. The molecule has 2 amide bonds. The summed E-state index contributed by atoms with van der Waals surface area (Å²) in [6, 6.07) is 7.05. The highest BCUT2D eigenvalue weighted by Crippen LogP contribution is 2.29. The lowest BCUT2D eigenvalue weighted by molar-refractivity contribution is -0.153. The van der Waals surface area contributed by atoms with Crippen LogP contribution in [0.1, 0.15) is 44.1 Å². The molecule has 0 radical (unpaired) electrons. The molecule has 1 aromatic heterocycles. The molecule has 1 aliphatic rings. The van der Waals surface area contributed by atoms with Crippen LogP contribution in [0, 0.1) is 19.8 Å². The third kappa shape index (κ3) is 5.13. The van der Waals surface area contributed by atoms with Crippen LogP contribution in [0.3, 0.4) is 0 Å². The van der Waals surface area contributed by atoms with Gasteiger partial charge >= 0.3 is 5.97 Å². The molecule has 8 heteroatoms. The van der Waals surface area contributed by atoms with Crippen molar-refractivity contribution >= 4 is 29.2 Å². The minimum absolute atomic E-state index is 0.106. The minimum atomic E-state index is -0.989. The number of amides is 2. The molecule has 0 spiro atoms. The van der Waals surface area contributed by atoms with Crippen LogP contribution in [0.5, 0.6) is 0 Å². The van der Waals surface area contributed by atoms with E-state index in [1.807, 2.05) is 18.5 Å². The molecule has 2 heterocycles. The maximum Gasteiger partial charge on any atom is 0.306 e. The lowest BCUT2D eigenvalue weighted by atomic mass is 10.1. The van der Waals surface area contributed by atoms with Gasteiger partial charge in [0.2, 0.25) is 5.91 Å². The third-order valence-corrected chi connectivity index (χ3v) is 5.34. The maximum atomic E-state index is 12.9. The van der Waals surface area contributed by atoms with Crippen molar-refractivity contribution in [3.8, 4) is 0 Å². The van der Waals surface area contributed by atoms with Crippen LogP contribution >= 0.6 is 0 Å². The van der Waals surface area contributed by atoms with Crippen molar-refractivity contribution in [2.75, 3.05) is 16.8 Å². The zero-order valence-electron chi connectivity index (χ0n) is 18.8. The van der Waals surface area contributed by atoms with Gasteiger partial charge in [0.05, 0.1) is 17.1 Å². The fraction of sp³-hybridized carbons (Fsp3) is 0.478. The molecule has 0 bridgehead atoms. The molecule has 166 valence electrons. The first-order chi connectivity index (χ1) is 14.7. The first kappa shape index (κ1) is 22.5. The predicted molar refractivity (Wildman–Crippen MR) is 118 cm³/mol. The number of aryl methyl sites for hydroxylation is 1. The number of nitrogens with zero attached hydrogens (tertiary/aromatic N) is 3. The number of carbonyl (C=O) groups excluding carboxylic acids is 3. The molecule has 3 rings (SSSR count). The zero-order valence-corrected chi connectivity index (χ0v) is 18.8. The largest absolute Gasteiger partial charge is 0.453 e. The van der Waals surface area contributed by atoms with E-state index in [9.17, 15) is 14.4 Å². The molecule has 31 heavy (non-hydrogen) atoms. The van der Waals surface area contributed by atoms with Gasteiger partial charge in [0.25, 0.3) is 5.91 Å². The number of fused-ring (bicyclic) bond motifs is 1. The highest BCUT2D eigenvalue weighted by Gasteiger charge is 2.31. The number of hydrogen-bond donors (Lipinski definition) is 1. The fourth-order valence-electron chi connectivity index (χ4n) is 3.80. The molecule has 1 atom stereocenters. The SMILES string of the molecule is Cc1nn(CC(C)C)c(C)c1CCC(=O)O[C@@H](C)C(=O)N1CC(=O)Nc2ccccc21. The Hall–Kier alpha value is -3.16. The van der Waals surface area contributed by atoms with Gasteiger partial charge in [-0.05, 0) is 50.8 Å². The van der Waals surface area contributed by atoms with Gasteiger partial charge in [-0.1, -0.05) is 26.0 Å². The summed E-state index contributed by atoms with van der Waals surface area (Å²) in [5, 5.41) is 7.31. The Morgan fingerprint density at radius 2 is 1.90 bits per heavy atom. The Morgan fingerprint density at radius 3 is 2.61 bits per heavy atom. The van der Waals surface area contributed by atoms with Crippen LogP contribution in [0.2, 0.25) is 0 Å². The van der Waals surface area contributed by atoms with E-state index < -0.39 is 18.0 Å². The van der Waals surface area contributed by atoms with Crippen molar-refractivity contribution in [3.05, 3.63) is 41.2 Å². The molecule has 8 nitrogen and oxygen atoms in total. The fourth-order valence-corrected chi connectivity index (χ4v) is 3.80. The first-order valence-corrected chi connectivity index (χ1v) is 10.6. The van der Waals surface area contributed by atoms with Crippen molar-refractivity contribution in [2.24, 2.45) is 5.92 Å². The van der Waals surface area contributed by atoms with Gasteiger partial charge < -0.3 is 10.1 Å². The van der Waals surface area contributed by atoms with Gasteiger partial charge in [-0.15, -0.1) is 0 Å². The molecule has 0 saturated carbocycles. The monoisotopic (exact) mass is 426 g/mol. The molecule has 2 aromatic rings. The number of hydrogen-bond acceptors (Lipinski definition) is 5. The van der Waals surface area contributed by atoms with E-state index in [0.29, 0.717) is 23.7 Å². The van der Waals surface area contributed by atoms with E-state index >= 15 is 0 Å². The Balaban J connectivity index is 1.61. The molecular weight excluding hydrogens is 396 g/mol. The standard InChI is InChI=1S/C23H30N4O4/c1-14(2)12-27-16(4)18(15(3)25-27)10-11-22(29)31-17(5)23(30)26-13-21(28)24-19-8-6-7-9-20(19)26/h6-9,14,17H,10-13H2,1-5H3,(H,24,28)/t17-/m0/s1. The molecule has 1 N–H and O–H groups in total. The highest BCUT2D eigenvalue weighted by atomic mass is 16.5. The number of rotatable bonds is 7. The van der Waals surface area contributed by atoms with Gasteiger partial charge in [-0.25, -0.2) is 0 Å². The molecule has 0 saturated heterocycles. The number of carbonyl (C=O) groups is 3. The van der Waals surface area contributed by atoms with Crippen LogP contribution in [0.25, 0.3) is 0 Å². The summed E-state index contributed by atoms with van der Waals surface area (Å²) < 4.78 is 7.38. The average Bonchev–Trinajstić information content (AvgIpc) is 2.97. The van der Waals surface area contributed by atoms with E-state index in [0.717, 1.165) is 23.5 Å². The summed E-state index contributed by atoms with van der Waals surface area (Å²) in [6.45, 7) is 10.5. The third-order valence-electron chi connectivity index (χ3n) is 5.34. The zero-order chi connectivity index (χ0) is 22.7. The normalized spacial score (nSPS) is 14.3. The van der Waals surface area contributed by atoms with Gasteiger partial charge in [0.1, 0.15) is 6.54 Å². The van der Waals surface area contributed by atoms with Crippen LogP contribution < -0.4 is 10.2 Å². The highest BCUT2D eigenvalue weighted by molar-refractivity contribution is 6.11. The van der Waals surface area contributed by atoms with Gasteiger partial charge in [-0.3, -0.25) is 24.0 Å². The number of benzene rings is 1. The minimum Gasteiger partial charge on any atom is -0.453 e. The first-order valence-electron chi connectivity index (χ1n) is 10.6. The second-order valence-corrected chi connectivity index (χ2v) is 8.35. The van der Waals surface area contributed by atoms with Crippen molar-refractivity contribution in [2.45, 2.75) is 60.1 Å². The predicted octanol–water partition coefficient (Wildman–Crippen LogP) is 3.01.